The summed E-state index contributed by atoms with van der Waals surface area (Å²) in [4.78, 5) is 0. The molecule has 16 heavy (non-hydrogen) atoms. The normalized spacial score (nSPS) is 14.3. The summed E-state index contributed by atoms with van der Waals surface area (Å²) in [6.45, 7) is 0.731. The van der Waals surface area contributed by atoms with Gasteiger partial charge in [-0.1, -0.05) is 0 Å². The van der Waals surface area contributed by atoms with E-state index >= 15 is 0 Å². The van der Waals surface area contributed by atoms with Gasteiger partial charge in [0.25, 0.3) is 0 Å². The number of nitriles is 1. The average Bonchev–Trinajstić information content (AvgIpc) is 3.10. The highest BCUT2D eigenvalue weighted by Gasteiger charge is 2.22. The zero-order chi connectivity index (χ0) is 11.5. The van der Waals surface area contributed by atoms with Crippen LogP contribution < -0.4 is 9.47 Å². The molecule has 1 aliphatic rings. The van der Waals surface area contributed by atoms with Crippen molar-refractivity contribution in [1.82, 2.24) is 0 Å². The molecule has 0 radical (unpaired) electrons. The van der Waals surface area contributed by atoms with E-state index in [4.69, 9.17) is 14.7 Å². The van der Waals surface area contributed by atoms with Crippen LogP contribution in [0.1, 0.15) is 18.4 Å². The van der Waals surface area contributed by atoms with Crippen LogP contribution in [-0.2, 0) is 0 Å². The average molecular weight is 282 g/mol. The van der Waals surface area contributed by atoms with Crippen molar-refractivity contribution in [2.75, 3.05) is 13.7 Å². The molecule has 0 amide bonds. The molecular weight excluding hydrogens is 270 g/mol. The first-order valence-corrected chi connectivity index (χ1v) is 5.94. The summed E-state index contributed by atoms with van der Waals surface area (Å²) in [5.74, 6) is 2.00. The molecule has 84 valence electrons. The summed E-state index contributed by atoms with van der Waals surface area (Å²) in [5.41, 5.74) is 0.552. The maximum Gasteiger partial charge on any atom is 0.162 e. The molecule has 1 aliphatic carbocycles. The van der Waals surface area contributed by atoms with Crippen LogP contribution in [0.15, 0.2) is 16.6 Å². The van der Waals surface area contributed by atoms with E-state index in [1.807, 2.05) is 0 Å². The molecule has 0 aliphatic heterocycles. The largest absolute Gasteiger partial charge is 0.493 e. The second-order valence-corrected chi connectivity index (χ2v) is 4.70. The molecular formula is C12H12BrNO2. The van der Waals surface area contributed by atoms with Crippen molar-refractivity contribution >= 4 is 15.9 Å². The van der Waals surface area contributed by atoms with Crippen LogP contribution in [0.25, 0.3) is 0 Å². The quantitative estimate of drug-likeness (QED) is 0.852. The lowest BCUT2D eigenvalue weighted by Gasteiger charge is -2.11. The summed E-state index contributed by atoms with van der Waals surface area (Å²) in [7, 11) is 1.58. The Bertz CT molecular complexity index is 435. The Morgan fingerprint density at radius 1 is 1.44 bits per heavy atom. The molecule has 1 fully saturated rings. The van der Waals surface area contributed by atoms with Gasteiger partial charge in [-0.05, 0) is 40.8 Å². The minimum atomic E-state index is 0.552. The monoisotopic (exact) mass is 281 g/mol. The fourth-order valence-corrected chi connectivity index (χ4v) is 1.80. The summed E-state index contributed by atoms with van der Waals surface area (Å²) in [5, 5.41) is 8.88. The molecule has 1 saturated carbocycles. The molecule has 0 N–H and O–H groups in total. The molecule has 0 heterocycles. The summed E-state index contributed by atoms with van der Waals surface area (Å²) in [6.07, 6.45) is 2.50. The van der Waals surface area contributed by atoms with Gasteiger partial charge in [0.15, 0.2) is 11.5 Å². The Balaban J connectivity index is 2.21. The van der Waals surface area contributed by atoms with Gasteiger partial charge >= 0.3 is 0 Å². The van der Waals surface area contributed by atoms with Crippen molar-refractivity contribution < 1.29 is 9.47 Å². The zero-order valence-electron chi connectivity index (χ0n) is 9.00. The topological polar surface area (TPSA) is 42.2 Å². The molecule has 3 nitrogen and oxygen atoms in total. The molecule has 0 unspecified atom stereocenters. The van der Waals surface area contributed by atoms with E-state index in [1.165, 1.54) is 12.8 Å². The van der Waals surface area contributed by atoms with E-state index in [2.05, 4.69) is 22.0 Å². The van der Waals surface area contributed by atoms with Crippen LogP contribution in [0.5, 0.6) is 11.5 Å². The minimum absolute atomic E-state index is 0.552. The lowest BCUT2D eigenvalue weighted by atomic mass is 10.2. The Morgan fingerprint density at radius 2 is 2.19 bits per heavy atom. The summed E-state index contributed by atoms with van der Waals surface area (Å²) in [6, 6.07) is 5.57. The number of hydrogen-bond acceptors (Lipinski definition) is 3. The van der Waals surface area contributed by atoms with Gasteiger partial charge in [0.2, 0.25) is 0 Å². The highest BCUT2D eigenvalue weighted by atomic mass is 79.9. The second kappa shape index (κ2) is 4.75. The first-order chi connectivity index (χ1) is 7.74. The third kappa shape index (κ3) is 2.48. The number of halogens is 1. The SMILES string of the molecule is COc1cc(C#N)c(Br)cc1OCC1CC1. The first-order valence-electron chi connectivity index (χ1n) is 5.15. The number of benzene rings is 1. The number of methoxy groups -OCH3 is 1. The predicted molar refractivity (Wildman–Crippen MR) is 63.6 cm³/mol. The van der Waals surface area contributed by atoms with Gasteiger partial charge in [0, 0.05) is 10.5 Å². The Hall–Kier alpha value is -1.21. The number of rotatable bonds is 4. The highest BCUT2D eigenvalue weighted by Crippen LogP contribution is 2.35. The van der Waals surface area contributed by atoms with Gasteiger partial charge in [0.1, 0.15) is 6.07 Å². The van der Waals surface area contributed by atoms with Gasteiger partial charge in [0.05, 0.1) is 19.3 Å². The van der Waals surface area contributed by atoms with Crippen molar-refractivity contribution in [2.45, 2.75) is 12.8 Å². The van der Waals surface area contributed by atoms with E-state index in [0.29, 0.717) is 23.0 Å². The van der Waals surface area contributed by atoms with Crippen LogP contribution in [0, 0.1) is 17.2 Å². The molecule has 0 aromatic heterocycles. The molecule has 1 aromatic carbocycles. The maximum absolute atomic E-state index is 8.88. The second-order valence-electron chi connectivity index (χ2n) is 3.85. The molecule has 0 atom stereocenters. The van der Waals surface area contributed by atoms with Gasteiger partial charge in [-0.25, -0.2) is 0 Å². The lowest BCUT2D eigenvalue weighted by molar-refractivity contribution is 0.280. The number of nitrogens with zero attached hydrogens (tertiary/aromatic N) is 1. The van der Waals surface area contributed by atoms with E-state index in [-0.39, 0.29) is 0 Å². The number of ether oxygens (including phenoxy) is 2. The smallest absolute Gasteiger partial charge is 0.162 e. The van der Waals surface area contributed by atoms with E-state index in [1.54, 1.807) is 19.2 Å². The Labute approximate surface area is 103 Å². The summed E-state index contributed by atoms with van der Waals surface area (Å²) >= 11 is 3.34. The minimum Gasteiger partial charge on any atom is -0.493 e. The Morgan fingerprint density at radius 3 is 2.75 bits per heavy atom. The Kier molecular flexibility index (Phi) is 3.35. The standard InChI is InChI=1S/C12H12BrNO2/c1-15-11-4-9(6-14)10(13)5-12(11)16-7-8-2-3-8/h4-5,8H,2-3,7H2,1H3. The fraction of sp³-hybridized carbons (Fsp3) is 0.417. The van der Waals surface area contributed by atoms with Crippen LogP contribution in [-0.4, -0.2) is 13.7 Å². The maximum atomic E-state index is 8.88. The van der Waals surface area contributed by atoms with Crippen molar-refractivity contribution in [1.29, 1.82) is 5.26 Å². The fourth-order valence-electron chi connectivity index (χ4n) is 1.39. The van der Waals surface area contributed by atoms with E-state index in [0.717, 1.165) is 11.1 Å². The molecule has 2 rings (SSSR count). The molecule has 0 saturated heterocycles. The number of hydrogen-bond donors (Lipinski definition) is 0. The van der Waals surface area contributed by atoms with Crippen molar-refractivity contribution in [3.8, 4) is 17.6 Å². The molecule has 1 aromatic rings. The molecule has 0 bridgehead atoms. The van der Waals surface area contributed by atoms with Crippen molar-refractivity contribution in [3.63, 3.8) is 0 Å². The van der Waals surface area contributed by atoms with E-state index in [9.17, 15) is 0 Å². The van der Waals surface area contributed by atoms with Gasteiger partial charge in [-0.15, -0.1) is 0 Å². The van der Waals surface area contributed by atoms with Crippen molar-refractivity contribution in [3.05, 3.63) is 22.2 Å². The first kappa shape index (κ1) is 11.3. The van der Waals surface area contributed by atoms with Gasteiger partial charge in [-0.3, -0.25) is 0 Å². The highest BCUT2D eigenvalue weighted by molar-refractivity contribution is 9.10. The van der Waals surface area contributed by atoms with Crippen molar-refractivity contribution in [2.24, 2.45) is 5.92 Å². The lowest BCUT2D eigenvalue weighted by Crippen LogP contribution is -2.01. The summed E-state index contributed by atoms with van der Waals surface area (Å²) < 4.78 is 11.6. The van der Waals surface area contributed by atoms with Gasteiger partial charge < -0.3 is 9.47 Å². The molecule has 4 heteroatoms. The zero-order valence-corrected chi connectivity index (χ0v) is 10.6. The van der Waals surface area contributed by atoms with Crippen LogP contribution in [0.4, 0.5) is 0 Å². The van der Waals surface area contributed by atoms with E-state index < -0.39 is 0 Å². The predicted octanol–water partition coefficient (Wildman–Crippen LogP) is 3.12. The van der Waals surface area contributed by atoms with Crippen LogP contribution in [0.3, 0.4) is 0 Å². The third-order valence-electron chi connectivity index (χ3n) is 2.55. The van der Waals surface area contributed by atoms with Gasteiger partial charge in [-0.2, -0.15) is 5.26 Å². The van der Waals surface area contributed by atoms with Crippen LogP contribution in [0.2, 0.25) is 0 Å². The van der Waals surface area contributed by atoms with Crippen LogP contribution >= 0.6 is 15.9 Å². The third-order valence-corrected chi connectivity index (χ3v) is 3.20. The molecule has 0 spiro atoms.